The number of halogens is 1. The molecule has 2 aliphatic rings. The molecule has 1 N–H and O–H groups in total. The zero-order valence-electron chi connectivity index (χ0n) is 11.2. The van der Waals surface area contributed by atoms with Gasteiger partial charge in [-0.25, -0.2) is 0 Å². The first kappa shape index (κ1) is 13.8. The fraction of sp³-hybridized carbons (Fsp3) is 0.571. The van der Waals surface area contributed by atoms with Crippen LogP contribution in [-0.4, -0.2) is 35.0 Å². The minimum Gasteiger partial charge on any atom is -0.377 e. The minimum atomic E-state index is -0.322. The standard InChI is InChI=1S/C14H18BrN3O2/c15-10-3-4-13(14(8-10)18(19)20)16-11-5-7-17-6-1-2-12(17)9-11/h3-4,8,11-12,16H,1-2,5-7,9H2. The first-order valence-corrected chi connectivity index (χ1v) is 7.87. The summed E-state index contributed by atoms with van der Waals surface area (Å²) in [6, 6.07) is 6.21. The molecule has 108 valence electrons. The van der Waals surface area contributed by atoms with E-state index in [0.717, 1.165) is 23.9 Å². The van der Waals surface area contributed by atoms with Gasteiger partial charge in [0.25, 0.3) is 5.69 Å². The molecule has 0 spiro atoms. The van der Waals surface area contributed by atoms with E-state index in [-0.39, 0.29) is 10.6 Å². The Morgan fingerprint density at radius 3 is 3.00 bits per heavy atom. The molecule has 0 radical (unpaired) electrons. The van der Waals surface area contributed by atoms with E-state index in [1.807, 2.05) is 6.07 Å². The fourth-order valence-corrected chi connectivity index (χ4v) is 3.70. The number of hydrogen-bond donors (Lipinski definition) is 1. The van der Waals surface area contributed by atoms with E-state index in [0.29, 0.717) is 17.8 Å². The summed E-state index contributed by atoms with van der Waals surface area (Å²) in [7, 11) is 0. The summed E-state index contributed by atoms with van der Waals surface area (Å²) in [5, 5.41) is 14.5. The van der Waals surface area contributed by atoms with Crippen LogP contribution in [0.5, 0.6) is 0 Å². The van der Waals surface area contributed by atoms with Crippen molar-refractivity contribution in [1.29, 1.82) is 0 Å². The molecule has 2 atom stereocenters. The Morgan fingerprint density at radius 2 is 2.20 bits per heavy atom. The van der Waals surface area contributed by atoms with Crippen molar-refractivity contribution in [3.63, 3.8) is 0 Å². The molecule has 1 aromatic rings. The van der Waals surface area contributed by atoms with E-state index < -0.39 is 0 Å². The van der Waals surface area contributed by atoms with Crippen LogP contribution in [0.4, 0.5) is 11.4 Å². The number of nitro groups is 1. The van der Waals surface area contributed by atoms with Crippen LogP contribution in [0.15, 0.2) is 22.7 Å². The van der Waals surface area contributed by atoms with Crippen LogP contribution in [0, 0.1) is 10.1 Å². The number of fused-ring (bicyclic) bond motifs is 1. The molecule has 0 aromatic heterocycles. The highest BCUT2D eigenvalue weighted by molar-refractivity contribution is 9.10. The molecule has 2 unspecified atom stereocenters. The Bertz CT molecular complexity index is 523. The van der Waals surface area contributed by atoms with Gasteiger partial charge in [0, 0.05) is 29.2 Å². The number of anilines is 1. The van der Waals surface area contributed by atoms with Gasteiger partial charge < -0.3 is 10.2 Å². The van der Waals surface area contributed by atoms with Crippen LogP contribution in [0.25, 0.3) is 0 Å². The van der Waals surface area contributed by atoms with E-state index in [1.54, 1.807) is 12.1 Å². The quantitative estimate of drug-likeness (QED) is 0.677. The number of hydrogen-bond acceptors (Lipinski definition) is 4. The zero-order valence-corrected chi connectivity index (χ0v) is 12.8. The predicted molar refractivity (Wildman–Crippen MR) is 82.0 cm³/mol. The van der Waals surface area contributed by atoms with Crippen LogP contribution in [-0.2, 0) is 0 Å². The van der Waals surface area contributed by atoms with Crippen molar-refractivity contribution in [2.45, 2.75) is 37.8 Å². The summed E-state index contributed by atoms with van der Waals surface area (Å²) in [5.74, 6) is 0. The summed E-state index contributed by atoms with van der Waals surface area (Å²) < 4.78 is 0.736. The van der Waals surface area contributed by atoms with Crippen LogP contribution in [0.1, 0.15) is 25.7 Å². The van der Waals surface area contributed by atoms with Crippen molar-refractivity contribution in [3.05, 3.63) is 32.8 Å². The van der Waals surface area contributed by atoms with Gasteiger partial charge >= 0.3 is 0 Å². The highest BCUT2D eigenvalue weighted by Gasteiger charge is 2.32. The fourth-order valence-electron chi connectivity index (χ4n) is 3.35. The number of nitrogens with zero attached hydrogens (tertiary/aromatic N) is 2. The Balaban J connectivity index is 1.73. The van der Waals surface area contributed by atoms with Gasteiger partial charge in [0.15, 0.2) is 0 Å². The molecule has 2 fully saturated rings. The molecular weight excluding hydrogens is 322 g/mol. The highest BCUT2D eigenvalue weighted by Crippen LogP contribution is 2.32. The number of nitrogens with one attached hydrogen (secondary N) is 1. The Hall–Kier alpha value is -1.14. The molecule has 0 bridgehead atoms. The van der Waals surface area contributed by atoms with Gasteiger partial charge in [-0.3, -0.25) is 10.1 Å². The van der Waals surface area contributed by atoms with Crippen molar-refractivity contribution in [2.75, 3.05) is 18.4 Å². The molecule has 2 saturated heterocycles. The van der Waals surface area contributed by atoms with E-state index in [4.69, 9.17) is 0 Å². The third-order valence-electron chi connectivity index (χ3n) is 4.34. The molecule has 0 aliphatic carbocycles. The summed E-state index contributed by atoms with van der Waals surface area (Å²) in [6.07, 6.45) is 4.70. The molecule has 0 amide bonds. The average molecular weight is 340 g/mol. The van der Waals surface area contributed by atoms with E-state index in [1.165, 1.54) is 19.4 Å². The summed E-state index contributed by atoms with van der Waals surface area (Å²) >= 11 is 3.29. The second kappa shape index (κ2) is 5.69. The molecule has 1 aromatic carbocycles. The van der Waals surface area contributed by atoms with Gasteiger partial charge in [-0.2, -0.15) is 0 Å². The Labute approximate surface area is 126 Å². The van der Waals surface area contributed by atoms with Gasteiger partial charge in [-0.15, -0.1) is 0 Å². The second-order valence-electron chi connectivity index (χ2n) is 5.62. The van der Waals surface area contributed by atoms with Crippen molar-refractivity contribution in [3.8, 4) is 0 Å². The number of piperidine rings is 1. The van der Waals surface area contributed by atoms with Crippen molar-refractivity contribution in [1.82, 2.24) is 4.90 Å². The van der Waals surface area contributed by atoms with Crippen molar-refractivity contribution >= 4 is 27.3 Å². The van der Waals surface area contributed by atoms with Crippen molar-refractivity contribution < 1.29 is 4.92 Å². The van der Waals surface area contributed by atoms with E-state index in [2.05, 4.69) is 26.1 Å². The predicted octanol–water partition coefficient (Wildman–Crippen LogP) is 3.40. The normalized spacial score (nSPS) is 26.2. The minimum absolute atomic E-state index is 0.147. The van der Waals surface area contributed by atoms with Crippen molar-refractivity contribution in [2.24, 2.45) is 0 Å². The molecule has 20 heavy (non-hydrogen) atoms. The monoisotopic (exact) mass is 339 g/mol. The lowest BCUT2D eigenvalue weighted by molar-refractivity contribution is -0.384. The van der Waals surface area contributed by atoms with Gasteiger partial charge in [0.1, 0.15) is 5.69 Å². The molecular formula is C14H18BrN3O2. The smallest absolute Gasteiger partial charge is 0.293 e. The Morgan fingerprint density at radius 1 is 1.35 bits per heavy atom. The second-order valence-corrected chi connectivity index (χ2v) is 6.53. The van der Waals surface area contributed by atoms with E-state index >= 15 is 0 Å². The van der Waals surface area contributed by atoms with Crippen LogP contribution < -0.4 is 5.32 Å². The molecule has 6 heteroatoms. The molecule has 0 saturated carbocycles. The third kappa shape index (κ3) is 2.81. The maximum Gasteiger partial charge on any atom is 0.293 e. The van der Waals surface area contributed by atoms with Gasteiger partial charge in [0.2, 0.25) is 0 Å². The summed E-state index contributed by atoms with van der Waals surface area (Å²) in [4.78, 5) is 13.4. The number of benzene rings is 1. The third-order valence-corrected chi connectivity index (χ3v) is 4.83. The molecule has 2 aliphatic heterocycles. The molecule has 5 nitrogen and oxygen atoms in total. The average Bonchev–Trinajstić information content (AvgIpc) is 2.88. The van der Waals surface area contributed by atoms with Crippen LogP contribution in [0.3, 0.4) is 0 Å². The van der Waals surface area contributed by atoms with Crippen LogP contribution in [0.2, 0.25) is 0 Å². The lowest BCUT2D eigenvalue weighted by Gasteiger charge is -2.35. The Kier molecular flexibility index (Phi) is 3.94. The van der Waals surface area contributed by atoms with Crippen LogP contribution >= 0.6 is 15.9 Å². The lowest BCUT2D eigenvalue weighted by Crippen LogP contribution is -2.42. The SMILES string of the molecule is O=[N+]([O-])c1cc(Br)ccc1NC1CCN2CCCC2C1. The molecule has 3 rings (SSSR count). The van der Waals surface area contributed by atoms with E-state index in [9.17, 15) is 10.1 Å². The summed E-state index contributed by atoms with van der Waals surface area (Å²) in [6.45, 7) is 2.32. The number of rotatable bonds is 3. The van der Waals surface area contributed by atoms with Gasteiger partial charge in [-0.1, -0.05) is 15.9 Å². The maximum atomic E-state index is 11.1. The number of nitro benzene ring substituents is 1. The topological polar surface area (TPSA) is 58.4 Å². The summed E-state index contributed by atoms with van der Waals surface area (Å²) in [5.41, 5.74) is 0.780. The highest BCUT2D eigenvalue weighted by atomic mass is 79.9. The van der Waals surface area contributed by atoms with Gasteiger partial charge in [0.05, 0.1) is 4.92 Å². The van der Waals surface area contributed by atoms with Gasteiger partial charge in [-0.05, 0) is 44.4 Å². The first-order chi connectivity index (χ1) is 9.63. The zero-order chi connectivity index (χ0) is 14.1. The first-order valence-electron chi connectivity index (χ1n) is 7.08. The largest absolute Gasteiger partial charge is 0.377 e. The molecule has 2 heterocycles. The maximum absolute atomic E-state index is 11.1. The lowest BCUT2D eigenvalue weighted by atomic mass is 9.97.